The Morgan fingerprint density at radius 3 is 2.71 bits per heavy atom. The fourth-order valence-corrected chi connectivity index (χ4v) is 2.47. The lowest BCUT2D eigenvalue weighted by molar-refractivity contribution is -0.120. The van der Waals surface area contributed by atoms with Gasteiger partial charge in [0.25, 0.3) is 5.91 Å². The molecule has 124 valence electrons. The number of carbonyl (C=O) groups is 2. The number of nitrogens with zero attached hydrogens (tertiary/aromatic N) is 1. The molecule has 0 radical (unpaired) electrons. The zero-order chi connectivity index (χ0) is 17.1. The van der Waals surface area contributed by atoms with Crippen molar-refractivity contribution in [2.24, 2.45) is 0 Å². The van der Waals surface area contributed by atoms with Gasteiger partial charge in [0.15, 0.2) is 6.61 Å². The molecule has 0 bridgehead atoms. The van der Waals surface area contributed by atoms with Crippen LogP contribution in [0.2, 0.25) is 0 Å². The Morgan fingerprint density at radius 2 is 2.00 bits per heavy atom. The first kappa shape index (κ1) is 15.9. The number of hydrogen-bond acceptors (Lipinski definition) is 5. The van der Waals surface area contributed by atoms with E-state index in [2.05, 4.69) is 10.1 Å². The van der Waals surface area contributed by atoms with E-state index in [1.54, 1.807) is 24.1 Å². The van der Waals surface area contributed by atoms with Crippen LogP contribution >= 0.6 is 0 Å². The second kappa shape index (κ2) is 6.62. The number of hydrogen-bond donors (Lipinski definition) is 1. The van der Waals surface area contributed by atoms with Gasteiger partial charge in [-0.2, -0.15) is 0 Å². The molecule has 6 nitrogen and oxygen atoms in total. The number of esters is 1. The maximum absolute atomic E-state index is 11.6. The average molecular weight is 326 g/mol. The van der Waals surface area contributed by atoms with Crippen LogP contribution in [0.15, 0.2) is 42.5 Å². The van der Waals surface area contributed by atoms with Gasteiger partial charge in [0.05, 0.1) is 18.4 Å². The number of fused-ring (bicyclic) bond motifs is 1. The number of nitrogens with one attached hydrogen (secondary N) is 1. The highest BCUT2D eigenvalue weighted by Gasteiger charge is 2.22. The van der Waals surface area contributed by atoms with Crippen LogP contribution in [0.25, 0.3) is 0 Å². The van der Waals surface area contributed by atoms with Crippen LogP contribution in [0.4, 0.5) is 11.4 Å². The van der Waals surface area contributed by atoms with E-state index in [9.17, 15) is 9.59 Å². The van der Waals surface area contributed by atoms with E-state index in [1.165, 1.54) is 7.11 Å². The average Bonchev–Trinajstić information content (AvgIpc) is 2.63. The van der Waals surface area contributed by atoms with Crippen molar-refractivity contribution in [2.45, 2.75) is 6.54 Å². The molecule has 24 heavy (non-hydrogen) atoms. The number of ether oxygens (including phenoxy) is 2. The minimum Gasteiger partial charge on any atom is -0.481 e. The number of amides is 1. The summed E-state index contributed by atoms with van der Waals surface area (Å²) in [6, 6.07) is 12.9. The Morgan fingerprint density at radius 1 is 1.25 bits per heavy atom. The molecule has 2 aromatic rings. The molecule has 0 saturated carbocycles. The van der Waals surface area contributed by atoms with Crippen molar-refractivity contribution in [3.63, 3.8) is 0 Å². The molecule has 1 aliphatic rings. The molecule has 1 aliphatic heterocycles. The molecule has 0 saturated heterocycles. The van der Waals surface area contributed by atoms with Crippen LogP contribution in [0.5, 0.6) is 5.75 Å². The molecule has 6 heteroatoms. The third kappa shape index (κ3) is 3.17. The number of likely N-dealkylation sites (N-methyl/N-ethyl adjacent to an activating group) is 1. The van der Waals surface area contributed by atoms with E-state index in [0.717, 1.165) is 16.9 Å². The van der Waals surface area contributed by atoms with Crippen molar-refractivity contribution in [2.75, 3.05) is 31.0 Å². The van der Waals surface area contributed by atoms with Gasteiger partial charge in [0.1, 0.15) is 5.75 Å². The van der Waals surface area contributed by atoms with Crippen molar-refractivity contribution >= 4 is 23.3 Å². The normalized spacial score (nSPS) is 13.1. The minimum atomic E-state index is -0.347. The summed E-state index contributed by atoms with van der Waals surface area (Å²) in [5.41, 5.74) is 3.22. The Balaban J connectivity index is 1.67. The zero-order valence-corrected chi connectivity index (χ0v) is 13.5. The number of carbonyl (C=O) groups excluding carboxylic acids is 2. The van der Waals surface area contributed by atoms with Gasteiger partial charge in [-0.1, -0.05) is 12.1 Å². The smallest absolute Gasteiger partial charge is 0.337 e. The quantitative estimate of drug-likeness (QED) is 0.874. The van der Waals surface area contributed by atoms with Gasteiger partial charge >= 0.3 is 5.97 Å². The maximum Gasteiger partial charge on any atom is 0.337 e. The molecule has 1 N–H and O–H groups in total. The van der Waals surface area contributed by atoms with Crippen molar-refractivity contribution < 1.29 is 19.1 Å². The van der Waals surface area contributed by atoms with Gasteiger partial charge in [0, 0.05) is 25.3 Å². The van der Waals surface area contributed by atoms with Gasteiger partial charge < -0.3 is 19.7 Å². The Bertz CT molecular complexity index is 771. The summed E-state index contributed by atoms with van der Waals surface area (Å²) in [5.74, 6) is 0.275. The second-order valence-electron chi connectivity index (χ2n) is 5.47. The van der Waals surface area contributed by atoms with Gasteiger partial charge in [-0.25, -0.2) is 4.79 Å². The van der Waals surface area contributed by atoms with E-state index in [-0.39, 0.29) is 18.5 Å². The lowest BCUT2D eigenvalue weighted by Gasteiger charge is -2.26. The Labute approximate surface area is 140 Å². The highest BCUT2D eigenvalue weighted by Crippen LogP contribution is 2.33. The molecule has 3 rings (SSSR count). The molecular weight excluding hydrogens is 308 g/mol. The standard InChI is InChI=1S/C18H18N2O4/c1-20-15-8-7-14(9-16(15)24-11-17(20)21)19-10-12-3-5-13(6-4-12)18(22)23-2/h3-9,19H,10-11H2,1-2H3. The first-order valence-corrected chi connectivity index (χ1v) is 7.53. The highest BCUT2D eigenvalue weighted by atomic mass is 16.5. The summed E-state index contributed by atoms with van der Waals surface area (Å²) in [5, 5.41) is 3.30. The van der Waals surface area contributed by atoms with Crippen molar-refractivity contribution in [3.8, 4) is 5.75 Å². The van der Waals surface area contributed by atoms with Crippen molar-refractivity contribution in [3.05, 3.63) is 53.6 Å². The third-order valence-corrected chi connectivity index (χ3v) is 3.92. The number of rotatable bonds is 4. The lowest BCUT2D eigenvalue weighted by Crippen LogP contribution is -2.35. The topological polar surface area (TPSA) is 67.9 Å². The van der Waals surface area contributed by atoms with Gasteiger partial charge in [-0.05, 0) is 29.8 Å². The van der Waals surface area contributed by atoms with Gasteiger partial charge in [0.2, 0.25) is 0 Å². The summed E-state index contributed by atoms with van der Waals surface area (Å²) in [7, 11) is 3.10. The van der Waals surface area contributed by atoms with E-state index in [1.807, 2.05) is 30.3 Å². The molecule has 1 amide bonds. The minimum absolute atomic E-state index is 0.0575. The zero-order valence-electron chi connectivity index (χ0n) is 13.5. The summed E-state index contributed by atoms with van der Waals surface area (Å²) in [6.45, 7) is 0.664. The van der Waals surface area contributed by atoms with E-state index >= 15 is 0 Å². The van der Waals surface area contributed by atoms with Gasteiger partial charge in [-0.15, -0.1) is 0 Å². The molecule has 0 aromatic heterocycles. The number of benzene rings is 2. The first-order valence-electron chi connectivity index (χ1n) is 7.53. The molecule has 0 unspecified atom stereocenters. The third-order valence-electron chi connectivity index (χ3n) is 3.92. The van der Waals surface area contributed by atoms with Crippen LogP contribution in [0.3, 0.4) is 0 Å². The summed E-state index contributed by atoms with van der Waals surface area (Å²) in [6.07, 6.45) is 0. The Hall–Kier alpha value is -3.02. The molecule has 2 aromatic carbocycles. The molecule has 0 atom stereocenters. The van der Waals surface area contributed by atoms with Crippen LogP contribution in [-0.2, 0) is 16.1 Å². The molecule has 0 aliphatic carbocycles. The molecular formula is C18H18N2O4. The van der Waals surface area contributed by atoms with Crippen LogP contribution in [-0.4, -0.2) is 32.6 Å². The van der Waals surface area contributed by atoms with Crippen molar-refractivity contribution in [1.29, 1.82) is 0 Å². The largest absolute Gasteiger partial charge is 0.481 e. The SMILES string of the molecule is COC(=O)c1ccc(CNc2ccc3c(c2)OCC(=O)N3C)cc1. The van der Waals surface area contributed by atoms with E-state index in [0.29, 0.717) is 17.9 Å². The summed E-state index contributed by atoms with van der Waals surface area (Å²) < 4.78 is 10.1. The fourth-order valence-electron chi connectivity index (χ4n) is 2.47. The van der Waals surface area contributed by atoms with Crippen LogP contribution in [0.1, 0.15) is 15.9 Å². The van der Waals surface area contributed by atoms with Crippen LogP contribution in [0, 0.1) is 0 Å². The molecule has 0 fully saturated rings. The summed E-state index contributed by atoms with van der Waals surface area (Å²) in [4.78, 5) is 24.6. The molecule has 1 heterocycles. The number of methoxy groups -OCH3 is 1. The predicted molar refractivity (Wildman–Crippen MR) is 90.5 cm³/mol. The predicted octanol–water partition coefficient (Wildman–Crippen LogP) is 2.44. The first-order chi connectivity index (χ1) is 11.6. The Kier molecular flexibility index (Phi) is 4.37. The second-order valence-corrected chi connectivity index (χ2v) is 5.47. The van der Waals surface area contributed by atoms with Crippen LogP contribution < -0.4 is 15.0 Å². The molecule has 0 spiro atoms. The monoisotopic (exact) mass is 326 g/mol. The maximum atomic E-state index is 11.6. The van der Waals surface area contributed by atoms with Crippen molar-refractivity contribution in [1.82, 2.24) is 0 Å². The van der Waals surface area contributed by atoms with Gasteiger partial charge in [-0.3, -0.25) is 4.79 Å². The number of anilines is 2. The fraction of sp³-hybridized carbons (Fsp3) is 0.222. The lowest BCUT2D eigenvalue weighted by atomic mass is 10.1. The van der Waals surface area contributed by atoms with E-state index < -0.39 is 0 Å². The highest BCUT2D eigenvalue weighted by molar-refractivity contribution is 5.97. The van der Waals surface area contributed by atoms with E-state index in [4.69, 9.17) is 4.74 Å². The summed E-state index contributed by atoms with van der Waals surface area (Å²) >= 11 is 0.